The van der Waals surface area contributed by atoms with E-state index in [1.54, 1.807) is 35.9 Å². The van der Waals surface area contributed by atoms with Gasteiger partial charge in [0.05, 0.1) is 7.11 Å². The number of hydrogen-bond donors (Lipinski definition) is 0. The number of methoxy groups -OCH3 is 1. The molecule has 180 valence electrons. The van der Waals surface area contributed by atoms with Gasteiger partial charge in [-0.15, -0.1) is 0 Å². The molecule has 1 aromatic carbocycles. The van der Waals surface area contributed by atoms with E-state index in [-0.39, 0.29) is 10.8 Å². The molecule has 2 aromatic rings. The minimum Gasteiger partial charge on any atom is -0.496 e. The van der Waals surface area contributed by atoms with E-state index in [2.05, 4.69) is 4.90 Å². The van der Waals surface area contributed by atoms with Crippen molar-refractivity contribution in [1.29, 1.82) is 0 Å². The molecule has 33 heavy (non-hydrogen) atoms. The lowest BCUT2D eigenvalue weighted by Gasteiger charge is -2.35. The highest BCUT2D eigenvalue weighted by molar-refractivity contribution is 7.89. The maximum absolute atomic E-state index is 13.2. The highest BCUT2D eigenvalue weighted by Crippen LogP contribution is 2.26. The number of carbonyl (C=O) groups is 1. The summed E-state index contributed by atoms with van der Waals surface area (Å²) in [5.74, 6) is 0.654. The van der Waals surface area contributed by atoms with E-state index in [4.69, 9.17) is 16.3 Å². The summed E-state index contributed by atoms with van der Waals surface area (Å²) in [5.41, 5.74) is 1.41. The fourth-order valence-electron chi connectivity index (χ4n) is 4.52. The van der Waals surface area contributed by atoms with Gasteiger partial charge in [0.15, 0.2) is 0 Å². The first-order valence-electron chi connectivity index (χ1n) is 11.3. The highest BCUT2D eigenvalue weighted by Gasteiger charge is 2.30. The third-order valence-electron chi connectivity index (χ3n) is 6.45. The molecule has 0 aliphatic carbocycles. The summed E-state index contributed by atoms with van der Waals surface area (Å²) in [7, 11) is -0.202. The van der Waals surface area contributed by atoms with Crippen molar-refractivity contribution in [1.82, 2.24) is 18.7 Å². The van der Waals surface area contributed by atoms with Crippen molar-refractivity contribution in [3.05, 3.63) is 46.7 Å². The third kappa shape index (κ3) is 5.21. The molecule has 0 bridgehead atoms. The Bertz CT molecular complexity index is 1100. The molecule has 0 spiro atoms. The van der Waals surface area contributed by atoms with E-state index in [9.17, 15) is 13.2 Å². The van der Waals surface area contributed by atoms with Crippen LogP contribution in [0.25, 0.3) is 0 Å². The third-order valence-corrected chi connectivity index (χ3v) is 8.55. The van der Waals surface area contributed by atoms with E-state index < -0.39 is 10.0 Å². The molecule has 3 heterocycles. The van der Waals surface area contributed by atoms with Gasteiger partial charge >= 0.3 is 0 Å². The van der Waals surface area contributed by atoms with Gasteiger partial charge in [0.2, 0.25) is 10.0 Å². The zero-order chi connectivity index (χ0) is 23.6. The number of ether oxygens (including phenoxy) is 1. The number of benzene rings is 1. The van der Waals surface area contributed by atoms with Crippen molar-refractivity contribution in [3.63, 3.8) is 0 Å². The van der Waals surface area contributed by atoms with Gasteiger partial charge in [0, 0.05) is 69.6 Å². The normalized spacial score (nSPS) is 18.5. The Labute approximate surface area is 200 Å². The second-order valence-electron chi connectivity index (χ2n) is 8.66. The van der Waals surface area contributed by atoms with Crippen LogP contribution < -0.4 is 4.74 Å². The maximum Gasteiger partial charge on any atom is 0.270 e. The standard InChI is InChI=1S/C23H31ClN4O4S/c1-25-17-20(33(30,31)28-8-4-3-5-9-28)15-21(25)23(29)27-12-10-26(11-13-27)16-18-14-19(24)6-7-22(18)32-2/h6-7,14-15,17H,3-5,8-13,16H2,1-2H3. The van der Waals surface area contributed by atoms with Gasteiger partial charge in [0.1, 0.15) is 16.3 Å². The van der Waals surface area contributed by atoms with E-state index in [0.29, 0.717) is 56.5 Å². The van der Waals surface area contributed by atoms with Crippen LogP contribution in [-0.4, -0.2) is 79.4 Å². The summed E-state index contributed by atoms with van der Waals surface area (Å²) in [6, 6.07) is 7.10. The predicted octanol–water partition coefficient (Wildman–Crippen LogP) is 2.82. The van der Waals surface area contributed by atoms with E-state index in [1.807, 2.05) is 12.1 Å². The molecular weight excluding hydrogens is 464 g/mol. The molecule has 0 saturated carbocycles. The zero-order valence-electron chi connectivity index (χ0n) is 19.2. The summed E-state index contributed by atoms with van der Waals surface area (Å²) in [4.78, 5) is 17.4. The zero-order valence-corrected chi connectivity index (χ0v) is 20.7. The molecule has 1 aromatic heterocycles. The fraction of sp³-hybridized carbons (Fsp3) is 0.522. The topological polar surface area (TPSA) is 75.1 Å². The van der Waals surface area contributed by atoms with Gasteiger partial charge < -0.3 is 14.2 Å². The smallest absolute Gasteiger partial charge is 0.270 e. The van der Waals surface area contributed by atoms with E-state index in [0.717, 1.165) is 30.6 Å². The van der Waals surface area contributed by atoms with Crippen LogP contribution in [0.2, 0.25) is 5.02 Å². The summed E-state index contributed by atoms with van der Waals surface area (Å²) in [6.07, 6.45) is 4.37. The molecule has 0 radical (unpaired) electrons. The van der Waals surface area contributed by atoms with Crippen LogP contribution in [0.1, 0.15) is 35.3 Å². The Morgan fingerprint density at radius 3 is 2.39 bits per heavy atom. The lowest BCUT2D eigenvalue weighted by atomic mass is 10.1. The largest absolute Gasteiger partial charge is 0.496 e. The van der Waals surface area contributed by atoms with Crippen molar-refractivity contribution >= 4 is 27.5 Å². The first-order chi connectivity index (χ1) is 15.8. The average Bonchev–Trinajstić information content (AvgIpc) is 3.22. The number of amides is 1. The number of halogens is 1. The first-order valence-corrected chi connectivity index (χ1v) is 13.1. The summed E-state index contributed by atoms with van der Waals surface area (Å²) in [6.45, 7) is 4.34. The summed E-state index contributed by atoms with van der Waals surface area (Å²) >= 11 is 6.15. The number of piperidine rings is 1. The second kappa shape index (κ2) is 10.0. The monoisotopic (exact) mass is 494 g/mol. The molecule has 0 unspecified atom stereocenters. The Balaban J connectivity index is 1.41. The van der Waals surface area contributed by atoms with Crippen LogP contribution in [-0.2, 0) is 23.6 Å². The van der Waals surface area contributed by atoms with E-state index in [1.165, 1.54) is 10.4 Å². The quantitative estimate of drug-likeness (QED) is 0.617. The molecule has 10 heteroatoms. The molecule has 0 N–H and O–H groups in total. The molecule has 2 fully saturated rings. The lowest BCUT2D eigenvalue weighted by molar-refractivity contribution is 0.0618. The predicted molar refractivity (Wildman–Crippen MR) is 127 cm³/mol. The van der Waals surface area contributed by atoms with Crippen molar-refractivity contribution in [2.45, 2.75) is 30.7 Å². The number of piperazine rings is 1. The number of hydrogen-bond acceptors (Lipinski definition) is 5. The van der Waals surface area contributed by atoms with Gasteiger partial charge in [-0.3, -0.25) is 9.69 Å². The number of aromatic nitrogens is 1. The van der Waals surface area contributed by atoms with Crippen molar-refractivity contribution < 1.29 is 17.9 Å². The second-order valence-corrected chi connectivity index (χ2v) is 11.0. The Hall–Kier alpha value is -2.07. The number of carbonyl (C=O) groups excluding carboxylic acids is 1. The SMILES string of the molecule is COc1ccc(Cl)cc1CN1CCN(C(=O)c2cc(S(=O)(=O)N3CCCCC3)cn2C)CC1. The molecule has 0 atom stereocenters. The molecular formula is C23H31ClN4O4S. The minimum atomic E-state index is -3.57. The molecule has 4 rings (SSSR count). The van der Waals surface area contributed by atoms with Gasteiger partial charge in [-0.1, -0.05) is 18.0 Å². The number of nitrogens with zero attached hydrogens (tertiary/aromatic N) is 4. The summed E-state index contributed by atoms with van der Waals surface area (Å²) in [5, 5.41) is 0.665. The molecule has 2 saturated heterocycles. The van der Waals surface area contributed by atoms with Crippen molar-refractivity contribution in [2.24, 2.45) is 7.05 Å². The Morgan fingerprint density at radius 1 is 1.03 bits per heavy atom. The van der Waals surface area contributed by atoms with Crippen LogP contribution >= 0.6 is 11.6 Å². The number of rotatable bonds is 6. The molecule has 2 aliphatic heterocycles. The molecule has 1 amide bonds. The lowest BCUT2D eigenvalue weighted by Crippen LogP contribution is -2.48. The van der Waals surface area contributed by atoms with Crippen molar-refractivity contribution in [3.8, 4) is 5.75 Å². The number of aryl methyl sites for hydroxylation is 1. The molecule has 2 aliphatic rings. The minimum absolute atomic E-state index is 0.141. The maximum atomic E-state index is 13.2. The van der Waals surface area contributed by atoms with Crippen LogP contribution in [0.15, 0.2) is 35.4 Å². The fourth-order valence-corrected chi connectivity index (χ4v) is 6.31. The van der Waals surface area contributed by atoms with Gasteiger partial charge in [-0.05, 0) is 37.1 Å². The average molecular weight is 495 g/mol. The van der Waals surface area contributed by atoms with Gasteiger partial charge in [0.25, 0.3) is 5.91 Å². The number of sulfonamides is 1. The van der Waals surface area contributed by atoms with Crippen LogP contribution in [0.3, 0.4) is 0 Å². The Morgan fingerprint density at radius 2 is 1.73 bits per heavy atom. The van der Waals surface area contributed by atoms with Crippen LogP contribution in [0.5, 0.6) is 5.75 Å². The first kappa shape index (κ1) is 24.1. The molecule has 8 nitrogen and oxygen atoms in total. The summed E-state index contributed by atoms with van der Waals surface area (Å²) < 4.78 is 34.6. The van der Waals surface area contributed by atoms with Gasteiger partial charge in [-0.2, -0.15) is 4.31 Å². The Kier molecular flexibility index (Phi) is 7.33. The van der Waals surface area contributed by atoms with E-state index >= 15 is 0 Å². The van der Waals surface area contributed by atoms with Crippen LogP contribution in [0, 0.1) is 0 Å². The van der Waals surface area contributed by atoms with Crippen LogP contribution in [0.4, 0.5) is 0 Å². The highest BCUT2D eigenvalue weighted by atomic mass is 35.5. The van der Waals surface area contributed by atoms with Gasteiger partial charge in [-0.25, -0.2) is 8.42 Å². The van der Waals surface area contributed by atoms with Crippen molar-refractivity contribution in [2.75, 3.05) is 46.4 Å².